The fraction of sp³-hybridized carbons (Fsp3) is 0.167. The van der Waals surface area contributed by atoms with Gasteiger partial charge in [0, 0.05) is 23.4 Å². The van der Waals surface area contributed by atoms with E-state index >= 15 is 0 Å². The SMILES string of the molecule is Brc1ccc2sc(NCCn3cccn3)nc2c1. The number of rotatable bonds is 4. The van der Waals surface area contributed by atoms with Gasteiger partial charge >= 0.3 is 0 Å². The standard InChI is InChI=1S/C12H11BrN4S/c13-9-2-3-11-10(8-9)16-12(18-11)14-5-7-17-6-1-4-15-17/h1-4,6,8H,5,7H2,(H,14,16). The van der Waals surface area contributed by atoms with Crippen LogP contribution in [-0.2, 0) is 6.54 Å². The molecule has 2 heterocycles. The number of thiazole rings is 1. The average Bonchev–Trinajstić information content (AvgIpc) is 2.97. The van der Waals surface area contributed by atoms with Crippen LogP contribution in [0.15, 0.2) is 41.1 Å². The lowest BCUT2D eigenvalue weighted by atomic mass is 10.3. The van der Waals surface area contributed by atoms with E-state index < -0.39 is 0 Å². The second kappa shape index (κ2) is 5.07. The summed E-state index contributed by atoms with van der Waals surface area (Å²) in [6.07, 6.45) is 3.74. The molecule has 0 radical (unpaired) electrons. The molecule has 18 heavy (non-hydrogen) atoms. The summed E-state index contributed by atoms with van der Waals surface area (Å²) in [7, 11) is 0. The molecule has 1 N–H and O–H groups in total. The quantitative estimate of drug-likeness (QED) is 0.800. The molecule has 0 aliphatic rings. The summed E-state index contributed by atoms with van der Waals surface area (Å²) in [4.78, 5) is 4.54. The van der Waals surface area contributed by atoms with Crippen LogP contribution in [0.1, 0.15) is 0 Å². The molecule has 6 heteroatoms. The Labute approximate surface area is 117 Å². The van der Waals surface area contributed by atoms with Crippen LogP contribution in [0, 0.1) is 0 Å². The third-order valence-corrected chi connectivity index (χ3v) is 4.01. The lowest BCUT2D eigenvalue weighted by Gasteiger charge is -2.02. The molecule has 3 aromatic rings. The summed E-state index contributed by atoms with van der Waals surface area (Å²) in [5, 5.41) is 8.43. The van der Waals surface area contributed by atoms with Crippen molar-refractivity contribution in [2.45, 2.75) is 6.54 Å². The molecule has 0 saturated carbocycles. The maximum atomic E-state index is 4.54. The molecule has 0 fully saturated rings. The average molecular weight is 323 g/mol. The van der Waals surface area contributed by atoms with Gasteiger partial charge < -0.3 is 5.32 Å². The minimum Gasteiger partial charge on any atom is -0.360 e. The van der Waals surface area contributed by atoms with Gasteiger partial charge in [-0.15, -0.1) is 0 Å². The van der Waals surface area contributed by atoms with Crippen molar-refractivity contribution < 1.29 is 0 Å². The second-order valence-corrected chi connectivity index (χ2v) is 5.77. The Balaban J connectivity index is 1.67. The van der Waals surface area contributed by atoms with Gasteiger partial charge in [-0.25, -0.2) is 4.98 Å². The van der Waals surface area contributed by atoms with Gasteiger partial charge in [0.15, 0.2) is 5.13 Å². The van der Waals surface area contributed by atoms with Gasteiger partial charge in [-0.1, -0.05) is 27.3 Å². The number of aromatic nitrogens is 3. The summed E-state index contributed by atoms with van der Waals surface area (Å²) in [5.41, 5.74) is 1.02. The normalized spacial score (nSPS) is 10.9. The molecule has 0 aliphatic heterocycles. The van der Waals surface area contributed by atoms with E-state index in [2.05, 4.69) is 37.4 Å². The van der Waals surface area contributed by atoms with Crippen LogP contribution >= 0.6 is 27.3 Å². The van der Waals surface area contributed by atoms with E-state index in [1.54, 1.807) is 17.5 Å². The van der Waals surface area contributed by atoms with Crippen molar-refractivity contribution in [3.63, 3.8) is 0 Å². The smallest absolute Gasteiger partial charge is 0.183 e. The molecule has 1 aromatic carbocycles. The predicted molar refractivity (Wildman–Crippen MR) is 78.0 cm³/mol. The van der Waals surface area contributed by atoms with Gasteiger partial charge in [-0.3, -0.25) is 4.68 Å². The van der Waals surface area contributed by atoms with Crippen molar-refractivity contribution >= 4 is 42.6 Å². The van der Waals surface area contributed by atoms with E-state index in [0.717, 1.165) is 28.2 Å². The van der Waals surface area contributed by atoms with E-state index in [1.807, 2.05) is 29.1 Å². The first-order valence-corrected chi connectivity index (χ1v) is 7.19. The summed E-state index contributed by atoms with van der Waals surface area (Å²) in [6, 6.07) is 8.07. The maximum absolute atomic E-state index is 4.54. The minimum absolute atomic E-state index is 0.822. The number of anilines is 1. The van der Waals surface area contributed by atoms with E-state index in [1.165, 1.54) is 4.70 Å². The maximum Gasteiger partial charge on any atom is 0.183 e. The lowest BCUT2D eigenvalue weighted by Crippen LogP contribution is -2.10. The molecule has 0 saturated heterocycles. The summed E-state index contributed by atoms with van der Waals surface area (Å²) < 4.78 is 4.15. The van der Waals surface area contributed by atoms with Crippen molar-refractivity contribution in [1.82, 2.24) is 14.8 Å². The molecule has 0 amide bonds. The molecular formula is C12H11BrN4S. The Morgan fingerprint density at radius 1 is 1.39 bits per heavy atom. The van der Waals surface area contributed by atoms with E-state index in [0.29, 0.717) is 0 Å². The highest BCUT2D eigenvalue weighted by Gasteiger charge is 2.03. The van der Waals surface area contributed by atoms with Crippen LogP contribution in [0.25, 0.3) is 10.2 Å². The molecule has 3 rings (SSSR count). The highest BCUT2D eigenvalue weighted by molar-refractivity contribution is 9.10. The minimum atomic E-state index is 0.822. The molecule has 0 aliphatic carbocycles. The molecule has 4 nitrogen and oxygen atoms in total. The van der Waals surface area contributed by atoms with Gasteiger partial charge in [0.1, 0.15) is 0 Å². The number of benzene rings is 1. The number of hydrogen-bond donors (Lipinski definition) is 1. The number of nitrogens with zero attached hydrogens (tertiary/aromatic N) is 3. The topological polar surface area (TPSA) is 42.7 Å². The fourth-order valence-electron chi connectivity index (χ4n) is 1.69. The van der Waals surface area contributed by atoms with E-state index in [-0.39, 0.29) is 0 Å². The first-order valence-electron chi connectivity index (χ1n) is 5.59. The second-order valence-electron chi connectivity index (χ2n) is 3.83. The van der Waals surface area contributed by atoms with Crippen LogP contribution in [0.4, 0.5) is 5.13 Å². The molecule has 0 atom stereocenters. The van der Waals surface area contributed by atoms with Gasteiger partial charge in [-0.2, -0.15) is 5.10 Å². The molecule has 92 valence electrons. The Kier molecular flexibility index (Phi) is 3.29. The monoisotopic (exact) mass is 322 g/mol. The van der Waals surface area contributed by atoms with E-state index in [4.69, 9.17) is 0 Å². The Hall–Kier alpha value is -1.40. The third kappa shape index (κ3) is 2.54. The zero-order valence-electron chi connectivity index (χ0n) is 9.51. The van der Waals surface area contributed by atoms with Crippen molar-refractivity contribution in [2.24, 2.45) is 0 Å². The Morgan fingerprint density at radius 3 is 3.17 bits per heavy atom. The van der Waals surface area contributed by atoms with Gasteiger partial charge in [0.05, 0.1) is 16.8 Å². The van der Waals surface area contributed by atoms with E-state index in [9.17, 15) is 0 Å². The molecule has 0 spiro atoms. The Morgan fingerprint density at radius 2 is 2.33 bits per heavy atom. The zero-order valence-corrected chi connectivity index (χ0v) is 11.9. The summed E-state index contributed by atoms with van der Waals surface area (Å²) in [5.74, 6) is 0. The summed E-state index contributed by atoms with van der Waals surface area (Å²) in [6.45, 7) is 1.66. The lowest BCUT2D eigenvalue weighted by molar-refractivity contribution is 0.638. The molecular weight excluding hydrogens is 312 g/mol. The third-order valence-electron chi connectivity index (χ3n) is 2.53. The molecule has 0 unspecified atom stereocenters. The van der Waals surface area contributed by atoms with Gasteiger partial charge in [0.25, 0.3) is 0 Å². The van der Waals surface area contributed by atoms with Crippen LogP contribution in [-0.4, -0.2) is 21.3 Å². The summed E-state index contributed by atoms with van der Waals surface area (Å²) >= 11 is 5.12. The van der Waals surface area contributed by atoms with Crippen molar-refractivity contribution in [3.05, 3.63) is 41.1 Å². The zero-order chi connectivity index (χ0) is 12.4. The molecule has 2 aromatic heterocycles. The highest BCUT2D eigenvalue weighted by atomic mass is 79.9. The first-order chi connectivity index (χ1) is 8.81. The highest BCUT2D eigenvalue weighted by Crippen LogP contribution is 2.27. The first kappa shape index (κ1) is 11.7. The Bertz CT molecular complexity index is 647. The molecule has 0 bridgehead atoms. The van der Waals surface area contributed by atoms with Crippen LogP contribution in [0.3, 0.4) is 0 Å². The number of halogens is 1. The van der Waals surface area contributed by atoms with Gasteiger partial charge in [0.2, 0.25) is 0 Å². The number of fused-ring (bicyclic) bond motifs is 1. The largest absolute Gasteiger partial charge is 0.360 e. The van der Waals surface area contributed by atoms with Crippen molar-refractivity contribution in [2.75, 3.05) is 11.9 Å². The van der Waals surface area contributed by atoms with Gasteiger partial charge in [-0.05, 0) is 24.3 Å². The van der Waals surface area contributed by atoms with Crippen LogP contribution in [0.5, 0.6) is 0 Å². The van der Waals surface area contributed by atoms with Crippen LogP contribution in [0.2, 0.25) is 0 Å². The van der Waals surface area contributed by atoms with Crippen molar-refractivity contribution in [1.29, 1.82) is 0 Å². The van der Waals surface area contributed by atoms with Crippen LogP contribution < -0.4 is 5.32 Å². The number of nitrogens with one attached hydrogen (secondary N) is 1. The van der Waals surface area contributed by atoms with Crippen molar-refractivity contribution in [3.8, 4) is 0 Å². The fourth-order valence-corrected chi connectivity index (χ4v) is 2.91. The number of hydrogen-bond acceptors (Lipinski definition) is 4. The predicted octanol–water partition coefficient (Wildman–Crippen LogP) is 3.37.